The van der Waals surface area contributed by atoms with E-state index in [2.05, 4.69) is 48.8 Å². The Kier molecular flexibility index (Phi) is 6.66. The Balaban J connectivity index is 1.46. The summed E-state index contributed by atoms with van der Waals surface area (Å²) in [7, 11) is 1.89. The summed E-state index contributed by atoms with van der Waals surface area (Å²) in [5, 5.41) is 3.62. The number of piperazine rings is 1. The van der Waals surface area contributed by atoms with Gasteiger partial charge >= 0.3 is 0 Å². The lowest BCUT2D eigenvalue weighted by atomic mass is 9.97. The SMILES string of the molecule is CN=C(NCC1CCCN(C(C)C)C1)N1CCN(c2ncccn2)CC1. The predicted octanol–water partition coefficient (Wildman–Crippen LogP) is 1.29. The summed E-state index contributed by atoms with van der Waals surface area (Å²) in [5.41, 5.74) is 0. The second-order valence-corrected chi connectivity index (χ2v) is 7.55. The first-order valence-electron chi connectivity index (χ1n) is 9.89. The lowest BCUT2D eigenvalue weighted by Crippen LogP contribution is -2.54. The van der Waals surface area contributed by atoms with Crippen LogP contribution in [0.15, 0.2) is 23.5 Å². The van der Waals surface area contributed by atoms with Crippen LogP contribution >= 0.6 is 0 Å². The van der Waals surface area contributed by atoms with E-state index in [9.17, 15) is 0 Å². The van der Waals surface area contributed by atoms with Gasteiger partial charge in [-0.1, -0.05) is 0 Å². The van der Waals surface area contributed by atoms with Crippen molar-refractivity contribution in [3.05, 3.63) is 18.5 Å². The molecule has 3 heterocycles. The Labute approximate surface area is 157 Å². The molecule has 2 aliphatic rings. The molecule has 1 aromatic heterocycles. The highest BCUT2D eigenvalue weighted by molar-refractivity contribution is 5.80. The Hall–Kier alpha value is -1.89. The average molecular weight is 360 g/mol. The Morgan fingerprint density at radius 1 is 1.19 bits per heavy atom. The van der Waals surface area contributed by atoms with Crippen molar-refractivity contribution >= 4 is 11.9 Å². The number of rotatable bonds is 4. The van der Waals surface area contributed by atoms with Crippen LogP contribution in [0.25, 0.3) is 0 Å². The number of aliphatic imine (C=N–C) groups is 1. The first kappa shape index (κ1) is 18.9. The van der Waals surface area contributed by atoms with Crippen LogP contribution in [0.2, 0.25) is 0 Å². The predicted molar refractivity (Wildman–Crippen MR) is 107 cm³/mol. The fourth-order valence-electron chi connectivity index (χ4n) is 3.87. The molecule has 2 fully saturated rings. The van der Waals surface area contributed by atoms with Gasteiger partial charge in [0.05, 0.1) is 0 Å². The van der Waals surface area contributed by atoms with Gasteiger partial charge in [0.2, 0.25) is 5.95 Å². The third-order valence-electron chi connectivity index (χ3n) is 5.46. The number of nitrogens with zero attached hydrogens (tertiary/aromatic N) is 6. The lowest BCUT2D eigenvalue weighted by Gasteiger charge is -2.38. The van der Waals surface area contributed by atoms with Crippen molar-refractivity contribution < 1.29 is 0 Å². The summed E-state index contributed by atoms with van der Waals surface area (Å²) < 4.78 is 0. The lowest BCUT2D eigenvalue weighted by molar-refractivity contribution is 0.140. The van der Waals surface area contributed by atoms with Crippen molar-refractivity contribution in [1.29, 1.82) is 0 Å². The maximum absolute atomic E-state index is 4.52. The minimum Gasteiger partial charge on any atom is -0.356 e. The van der Waals surface area contributed by atoms with Crippen molar-refractivity contribution in [3.63, 3.8) is 0 Å². The minimum absolute atomic E-state index is 0.644. The van der Waals surface area contributed by atoms with Gasteiger partial charge in [-0.3, -0.25) is 4.99 Å². The van der Waals surface area contributed by atoms with E-state index in [1.807, 2.05) is 13.1 Å². The number of hydrogen-bond acceptors (Lipinski definition) is 5. The third-order valence-corrected chi connectivity index (χ3v) is 5.46. The van der Waals surface area contributed by atoms with Gasteiger partial charge in [-0.15, -0.1) is 0 Å². The molecule has 7 nitrogen and oxygen atoms in total. The first-order valence-corrected chi connectivity index (χ1v) is 9.89. The maximum Gasteiger partial charge on any atom is 0.225 e. The molecule has 1 aromatic rings. The van der Waals surface area contributed by atoms with Crippen LogP contribution in [0.5, 0.6) is 0 Å². The van der Waals surface area contributed by atoms with Crippen LogP contribution in [0, 0.1) is 5.92 Å². The highest BCUT2D eigenvalue weighted by Gasteiger charge is 2.24. The van der Waals surface area contributed by atoms with E-state index >= 15 is 0 Å². The standard InChI is InChI=1S/C19H33N7/c1-16(2)26-9-4-6-17(15-26)14-23-18(20-3)24-10-12-25(13-11-24)19-21-7-5-8-22-19/h5,7-8,16-17H,4,6,9-15H2,1-3H3,(H,20,23). The smallest absolute Gasteiger partial charge is 0.225 e. The van der Waals surface area contributed by atoms with Crippen LogP contribution < -0.4 is 10.2 Å². The number of piperidine rings is 1. The molecule has 0 aromatic carbocycles. The number of anilines is 1. The molecule has 0 bridgehead atoms. The van der Waals surface area contributed by atoms with E-state index in [1.54, 1.807) is 12.4 Å². The highest BCUT2D eigenvalue weighted by Crippen LogP contribution is 2.18. The zero-order valence-electron chi connectivity index (χ0n) is 16.4. The molecular formula is C19H33N7. The van der Waals surface area contributed by atoms with Gasteiger partial charge in [0.25, 0.3) is 0 Å². The summed E-state index contributed by atoms with van der Waals surface area (Å²) >= 11 is 0. The number of guanidine groups is 1. The largest absolute Gasteiger partial charge is 0.356 e. The summed E-state index contributed by atoms with van der Waals surface area (Å²) in [6.45, 7) is 11.8. The zero-order chi connectivity index (χ0) is 18.4. The van der Waals surface area contributed by atoms with Gasteiger partial charge in [-0.2, -0.15) is 0 Å². The van der Waals surface area contributed by atoms with Crippen LogP contribution in [0.3, 0.4) is 0 Å². The summed E-state index contributed by atoms with van der Waals surface area (Å²) in [6, 6.07) is 2.50. The number of hydrogen-bond donors (Lipinski definition) is 1. The van der Waals surface area contributed by atoms with E-state index in [-0.39, 0.29) is 0 Å². The molecule has 3 rings (SSSR count). The summed E-state index contributed by atoms with van der Waals surface area (Å²) in [4.78, 5) is 20.4. The van der Waals surface area contributed by atoms with Crippen LogP contribution in [0.4, 0.5) is 5.95 Å². The topological polar surface area (TPSA) is 59.9 Å². The van der Waals surface area contributed by atoms with Gasteiger partial charge in [0, 0.05) is 64.8 Å². The Bertz CT molecular complexity index is 567. The molecule has 0 amide bonds. The van der Waals surface area contributed by atoms with Crippen molar-refractivity contribution in [2.24, 2.45) is 10.9 Å². The molecule has 0 aliphatic carbocycles. The molecule has 144 valence electrons. The first-order chi connectivity index (χ1) is 12.7. The van der Waals surface area contributed by atoms with Gasteiger partial charge in [0.1, 0.15) is 0 Å². The average Bonchev–Trinajstić information content (AvgIpc) is 2.70. The molecule has 2 aliphatic heterocycles. The minimum atomic E-state index is 0.644. The van der Waals surface area contributed by atoms with E-state index in [4.69, 9.17) is 0 Å². The molecule has 26 heavy (non-hydrogen) atoms. The van der Waals surface area contributed by atoms with Crippen LogP contribution in [-0.2, 0) is 0 Å². The number of nitrogens with one attached hydrogen (secondary N) is 1. The second kappa shape index (κ2) is 9.16. The van der Waals surface area contributed by atoms with Gasteiger partial charge in [0.15, 0.2) is 5.96 Å². The Morgan fingerprint density at radius 2 is 1.92 bits per heavy atom. The van der Waals surface area contributed by atoms with Crippen molar-refractivity contribution in [3.8, 4) is 0 Å². The fraction of sp³-hybridized carbons (Fsp3) is 0.737. The normalized spacial score (nSPS) is 22.8. The monoisotopic (exact) mass is 359 g/mol. The van der Waals surface area contributed by atoms with Gasteiger partial charge in [-0.05, 0) is 45.2 Å². The second-order valence-electron chi connectivity index (χ2n) is 7.55. The summed E-state index contributed by atoms with van der Waals surface area (Å²) in [5.74, 6) is 2.56. The van der Waals surface area contributed by atoms with Crippen molar-refractivity contribution in [2.45, 2.75) is 32.7 Å². The number of likely N-dealkylation sites (tertiary alicyclic amines) is 1. The molecular weight excluding hydrogens is 326 g/mol. The zero-order valence-corrected chi connectivity index (χ0v) is 16.4. The van der Waals surface area contributed by atoms with Crippen LogP contribution in [0.1, 0.15) is 26.7 Å². The van der Waals surface area contributed by atoms with Crippen molar-refractivity contribution in [1.82, 2.24) is 25.1 Å². The molecule has 0 radical (unpaired) electrons. The molecule has 0 spiro atoms. The van der Waals surface area contributed by atoms with E-state index in [0.717, 1.165) is 44.6 Å². The highest BCUT2D eigenvalue weighted by atomic mass is 15.4. The quantitative estimate of drug-likeness (QED) is 0.646. The van der Waals surface area contributed by atoms with Crippen LogP contribution in [-0.4, -0.2) is 84.6 Å². The number of aromatic nitrogens is 2. The van der Waals surface area contributed by atoms with Gasteiger partial charge < -0.3 is 20.0 Å². The molecule has 2 saturated heterocycles. The molecule has 0 saturated carbocycles. The van der Waals surface area contributed by atoms with E-state index < -0.39 is 0 Å². The molecule has 1 atom stereocenters. The molecule has 1 unspecified atom stereocenters. The van der Waals surface area contributed by atoms with Gasteiger partial charge in [-0.25, -0.2) is 9.97 Å². The summed E-state index contributed by atoms with van der Waals surface area (Å²) in [6.07, 6.45) is 6.23. The van der Waals surface area contributed by atoms with E-state index in [0.29, 0.717) is 12.0 Å². The molecule has 1 N–H and O–H groups in total. The molecule has 7 heteroatoms. The third kappa shape index (κ3) is 4.84. The van der Waals surface area contributed by atoms with Crippen molar-refractivity contribution in [2.75, 3.05) is 57.8 Å². The maximum atomic E-state index is 4.52. The fourth-order valence-corrected chi connectivity index (χ4v) is 3.87. The Morgan fingerprint density at radius 3 is 2.58 bits per heavy atom. The van der Waals surface area contributed by atoms with E-state index in [1.165, 1.54) is 25.9 Å².